The van der Waals surface area contributed by atoms with Crippen LogP contribution in [-0.2, 0) is 6.42 Å². The Morgan fingerprint density at radius 3 is 2.95 bits per heavy atom. The molecule has 0 aliphatic rings. The Kier molecular flexibility index (Phi) is 3.96. The van der Waals surface area contributed by atoms with Crippen molar-refractivity contribution in [3.05, 3.63) is 63.2 Å². The molecule has 3 rings (SSSR count). The van der Waals surface area contributed by atoms with Gasteiger partial charge >= 0.3 is 0 Å². The molecule has 2 N–H and O–H groups in total. The molecule has 2 heterocycles. The van der Waals surface area contributed by atoms with E-state index in [1.165, 1.54) is 11.9 Å². The van der Waals surface area contributed by atoms with Crippen LogP contribution in [0.5, 0.6) is 0 Å². The van der Waals surface area contributed by atoms with Crippen LogP contribution in [0.4, 0.5) is 5.82 Å². The van der Waals surface area contributed by atoms with E-state index in [0.717, 1.165) is 17.3 Å². The first kappa shape index (κ1) is 13.8. The maximum Gasteiger partial charge on any atom is 0.267 e. The summed E-state index contributed by atoms with van der Waals surface area (Å²) in [4.78, 5) is 22.5. The normalized spacial score (nSPS) is 10.7. The summed E-state index contributed by atoms with van der Waals surface area (Å²) in [5.74, 6) is 0.548. The van der Waals surface area contributed by atoms with E-state index in [-0.39, 0.29) is 5.56 Å². The molecule has 0 bridgehead atoms. The highest BCUT2D eigenvalue weighted by Crippen LogP contribution is 2.17. The number of aromatic amines is 1. The van der Waals surface area contributed by atoms with E-state index in [9.17, 15) is 4.79 Å². The lowest BCUT2D eigenvalue weighted by atomic mass is 10.1. The van der Waals surface area contributed by atoms with Gasteiger partial charge in [0, 0.05) is 18.1 Å². The molecule has 6 heteroatoms. The molecule has 0 radical (unpaired) electrons. The third-order valence-corrected chi connectivity index (χ3v) is 3.94. The molecule has 5 nitrogen and oxygen atoms in total. The number of fused-ring (bicyclic) bond motifs is 1. The number of para-hydroxylation sites is 1. The number of anilines is 1. The van der Waals surface area contributed by atoms with Gasteiger partial charge in [-0.15, -0.1) is 0 Å². The third-order valence-electron chi connectivity index (χ3n) is 3.20. The largest absolute Gasteiger partial charge is 0.369 e. The minimum Gasteiger partial charge on any atom is -0.369 e. The first-order valence-electron chi connectivity index (χ1n) is 6.55. The van der Waals surface area contributed by atoms with E-state index in [1.807, 2.05) is 24.3 Å². The standard InChI is InChI=1S/C15H13BrN4O/c16-12-14(19-9-20-15(12)21)18-8-6-11-4-1-3-10-5-2-7-17-13(10)11/h1-5,7,9H,6,8H2,(H2,18,19,20,21). The minimum atomic E-state index is -0.195. The highest BCUT2D eigenvalue weighted by Gasteiger charge is 2.05. The molecule has 0 atom stereocenters. The van der Waals surface area contributed by atoms with Gasteiger partial charge in [-0.25, -0.2) is 4.98 Å². The van der Waals surface area contributed by atoms with E-state index in [0.29, 0.717) is 16.8 Å². The van der Waals surface area contributed by atoms with Gasteiger partial charge in [0.1, 0.15) is 10.3 Å². The molecule has 0 fully saturated rings. The number of aromatic nitrogens is 3. The zero-order valence-corrected chi connectivity index (χ0v) is 12.7. The molecular weight excluding hydrogens is 332 g/mol. The zero-order chi connectivity index (χ0) is 14.7. The van der Waals surface area contributed by atoms with Crippen molar-refractivity contribution in [2.45, 2.75) is 6.42 Å². The second-order valence-corrected chi connectivity index (χ2v) is 5.36. The van der Waals surface area contributed by atoms with Crippen LogP contribution in [-0.4, -0.2) is 21.5 Å². The van der Waals surface area contributed by atoms with Crippen LogP contribution >= 0.6 is 15.9 Å². The SMILES string of the molecule is O=c1[nH]cnc(NCCc2cccc3cccnc23)c1Br. The molecule has 3 aromatic rings. The Bertz CT molecular complexity index is 826. The monoisotopic (exact) mass is 344 g/mol. The Balaban J connectivity index is 1.75. The predicted molar refractivity (Wildman–Crippen MR) is 86.5 cm³/mol. The van der Waals surface area contributed by atoms with Crippen LogP contribution in [0.1, 0.15) is 5.56 Å². The number of pyridine rings is 1. The van der Waals surface area contributed by atoms with Gasteiger partial charge in [0.2, 0.25) is 0 Å². The van der Waals surface area contributed by atoms with Crippen molar-refractivity contribution in [2.75, 3.05) is 11.9 Å². The smallest absolute Gasteiger partial charge is 0.267 e. The van der Waals surface area contributed by atoms with E-state index in [4.69, 9.17) is 0 Å². The molecule has 0 amide bonds. The van der Waals surface area contributed by atoms with Crippen molar-refractivity contribution < 1.29 is 0 Å². The van der Waals surface area contributed by atoms with Crippen molar-refractivity contribution in [1.29, 1.82) is 0 Å². The second kappa shape index (κ2) is 6.05. The number of rotatable bonds is 4. The van der Waals surface area contributed by atoms with E-state index in [1.54, 1.807) is 6.20 Å². The van der Waals surface area contributed by atoms with Crippen molar-refractivity contribution in [3.63, 3.8) is 0 Å². The summed E-state index contributed by atoms with van der Waals surface area (Å²) in [5.41, 5.74) is 1.99. The van der Waals surface area contributed by atoms with Gasteiger partial charge in [-0.3, -0.25) is 9.78 Å². The Hall–Kier alpha value is -2.21. The van der Waals surface area contributed by atoms with Crippen molar-refractivity contribution >= 4 is 32.7 Å². The topological polar surface area (TPSA) is 70.7 Å². The highest BCUT2D eigenvalue weighted by atomic mass is 79.9. The number of H-pyrrole nitrogens is 1. The Morgan fingerprint density at radius 1 is 1.19 bits per heavy atom. The van der Waals surface area contributed by atoms with Crippen LogP contribution in [0.2, 0.25) is 0 Å². The number of halogens is 1. The van der Waals surface area contributed by atoms with Gasteiger partial charge in [-0.05, 0) is 34.0 Å². The summed E-state index contributed by atoms with van der Waals surface area (Å²) < 4.78 is 0.418. The molecule has 1 aromatic carbocycles. The lowest BCUT2D eigenvalue weighted by Gasteiger charge is -2.08. The summed E-state index contributed by atoms with van der Waals surface area (Å²) >= 11 is 3.23. The van der Waals surface area contributed by atoms with Gasteiger partial charge < -0.3 is 10.3 Å². The highest BCUT2D eigenvalue weighted by molar-refractivity contribution is 9.10. The average molecular weight is 345 g/mol. The minimum absolute atomic E-state index is 0.195. The number of hydrogen-bond donors (Lipinski definition) is 2. The van der Waals surface area contributed by atoms with E-state index < -0.39 is 0 Å². The lowest BCUT2D eigenvalue weighted by Crippen LogP contribution is -2.14. The molecule has 2 aromatic heterocycles. The van der Waals surface area contributed by atoms with Gasteiger partial charge in [0.25, 0.3) is 5.56 Å². The van der Waals surface area contributed by atoms with Gasteiger partial charge in [-0.2, -0.15) is 0 Å². The summed E-state index contributed by atoms with van der Waals surface area (Å²) in [5, 5.41) is 4.29. The Labute approximate surface area is 129 Å². The maximum atomic E-state index is 11.5. The van der Waals surface area contributed by atoms with Gasteiger partial charge in [0.05, 0.1) is 11.8 Å². The Morgan fingerprint density at radius 2 is 2.05 bits per heavy atom. The molecule has 21 heavy (non-hydrogen) atoms. The second-order valence-electron chi connectivity index (χ2n) is 4.56. The third kappa shape index (κ3) is 2.95. The molecule has 106 valence electrons. The summed E-state index contributed by atoms with van der Waals surface area (Å²) in [6, 6.07) is 10.1. The first-order chi connectivity index (χ1) is 10.3. The van der Waals surface area contributed by atoms with E-state index in [2.05, 4.69) is 42.3 Å². The molecule has 0 saturated heterocycles. The van der Waals surface area contributed by atoms with Crippen molar-refractivity contribution in [3.8, 4) is 0 Å². The molecule has 0 aliphatic carbocycles. The quantitative estimate of drug-likeness (QED) is 0.763. The predicted octanol–water partition coefficient (Wildman–Crippen LogP) is 2.74. The maximum absolute atomic E-state index is 11.5. The number of hydrogen-bond acceptors (Lipinski definition) is 4. The molecule has 0 aliphatic heterocycles. The first-order valence-corrected chi connectivity index (χ1v) is 7.34. The van der Waals surface area contributed by atoms with Crippen LogP contribution in [0.25, 0.3) is 10.9 Å². The number of nitrogens with zero attached hydrogens (tertiary/aromatic N) is 2. The van der Waals surface area contributed by atoms with Gasteiger partial charge in [0.15, 0.2) is 0 Å². The molecule has 0 saturated carbocycles. The van der Waals surface area contributed by atoms with E-state index >= 15 is 0 Å². The molecule has 0 spiro atoms. The van der Waals surface area contributed by atoms with Gasteiger partial charge in [-0.1, -0.05) is 24.3 Å². The molecule has 0 unspecified atom stereocenters. The fourth-order valence-electron chi connectivity index (χ4n) is 2.19. The lowest BCUT2D eigenvalue weighted by molar-refractivity contribution is 0.992. The van der Waals surface area contributed by atoms with Crippen molar-refractivity contribution in [1.82, 2.24) is 15.0 Å². The van der Waals surface area contributed by atoms with Crippen LogP contribution in [0, 0.1) is 0 Å². The van der Waals surface area contributed by atoms with Crippen LogP contribution in [0.15, 0.2) is 52.1 Å². The fourth-order valence-corrected chi connectivity index (χ4v) is 2.55. The van der Waals surface area contributed by atoms with Crippen LogP contribution < -0.4 is 10.9 Å². The average Bonchev–Trinajstić information content (AvgIpc) is 2.52. The van der Waals surface area contributed by atoms with Crippen LogP contribution in [0.3, 0.4) is 0 Å². The summed E-state index contributed by atoms with van der Waals surface area (Å²) in [6.07, 6.45) is 3.98. The van der Waals surface area contributed by atoms with Crippen molar-refractivity contribution in [2.24, 2.45) is 0 Å². The zero-order valence-electron chi connectivity index (χ0n) is 11.1. The molecular formula is C15H13BrN4O. The number of benzene rings is 1. The summed E-state index contributed by atoms with van der Waals surface area (Å²) in [6.45, 7) is 0.671. The summed E-state index contributed by atoms with van der Waals surface area (Å²) in [7, 11) is 0. The number of nitrogens with one attached hydrogen (secondary N) is 2. The fraction of sp³-hybridized carbons (Fsp3) is 0.133.